The quantitative estimate of drug-likeness (QED) is 0.701. The molecule has 1 fully saturated rings. The van der Waals surface area contributed by atoms with Crippen LogP contribution < -0.4 is 4.74 Å². The molecule has 1 aromatic carbocycles. The first-order valence-corrected chi connectivity index (χ1v) is 9.67. The number of fused-ring (bicyclic) bond motifs is 1. The molecule has 1 N–H and O–H groups in total. The number of carbonyl (C=O) groups excluding carboxylic acids is 1. The smallest absolute Gasteiger partial charge is 0.232 e. The predicted molar refractivity (Wildman–Crippen MR) is 101 cm³/mol. The monoisotopic (exact) mass is 368 g/mol. The van der Waals surface area contributed by atoms with Gasteiger partial charge in [0.25, 0.3) is 0 Å². The number of amides is 1. The number of carbonyl (C=O) groups is 1. The number of rotatable bonds is 5. The molecule has 26 heavy (non-hydrogen) atoms. The van der Waals surface area contributed by atoms with Gasteiger partial charge in [-0.3, -0.25) is 4.79 Å². The molecule has 1 aliphatic rings. The molecule has 0 radical (unpaired) electrons. The van der Waals surface area contributed by atoms with Gasteiger partial charge in [-0.05, 0) is 6.07 Å². The van der Waals surface area contributed by atoms with Crippen LogP contribution >= 0.6 is 11.8 Å². The molecule has 3 aromatic rings. The van der Waals surface area contributed by atoms with E-state index in [1.54, 1.807) is 24.0 Å². The largest absolute Gasteiger partial charge is 0.474 e. The average molecular weight is 368 g/mol. The summed E-state index contributed by atoms with van der Waals surface area (Å²) in [6, 6.07) is 9.91. The number of ether oxygens (including phenoxy) is 1. The van der Waals surface area contributed by atoms with Crippen molar-refractivity contribution in [2.24, 2.45) is 0 Å². The van der Waals surface area contributed by atoms with Crippen molar-refractivity contribution < 1.29 is 9.53 Å². The summed E-state index contributed by atoms with van der Waals surface area (Å²) in [6.07, 6.45) is 6.89. The highest BCUT2D eigenvalue weighted by molar-refractivity contribution is 8.00. The second kappa shape index (κ2) is 7.78. The number of hydrogen-bond acceptors (Lipinski definition) is 5. The normalized spacial score (nSPS) is 15.3. The van der Waals surface area contributed by atoms with E-state index in [0.29, 0.717) is 11.6 Å². The van der Waals surface area contributed by atoms with Crippen LogP contribution in [0, 0.1) is 0 Å². The second-order valence-corrected chi connectivity index (χ2v) is 7.25. The maximum Gasteiger partial charge on any atom is 0.232 e. The summed E-state index contributed by atoms with van der Waals surface area (Å²) in [5.41, 5.74) is 1.10. The van der Waals surface area contributed by atoms with Crippen LogP contribution in [-0.4, -0.2) is 50.7 Å². The van der Waals surface area contributed by atoms with Gasteiger partial charge >= 0.3 is 0 Å². The minimum absolute atomic E-state index is 0.107. The van der Waals surface area contributed by atoms with E-state index in [4.69, 9.17) is 4.74 Å². The van der Waals surface area contributed by atoms with E-state index in [2.05, 4.69) is 21.0 Å². The van der Waals surface area contributed by atoms with E-state index >= 15 is 0 Å². The summed E-state index contributed by atoms with van der Waals surface area (Å²) < 4.78 is 5.85. The Labute approximate surface area is 156 Å². The van der Waals surface area contributed by atoms with Gasteiger partial charge in [0.2, 0.25) is 11.8 Å². The Bertz CT molecular complexity index is 875. The van der Waals surface area contributed by atoms with Crippen LogP contribution in [0.2, 0.25) is 0 Å². The summed E-state index contributed by atoms with van der Waals surface area (Å²) in [7, 11) is 0. The van der Waals surface area contributed by atoms with Crippen molar-refractivity contribution in [1.29, 1.82) is 0 Å². The molecule has 2 aromatic heterocycles. The third-order valence-electron chi connectivity index (χ3n) is 4.54. The fraction of sp³-hybridized carbons (Fsp3) is 0.316. The first-order valence-electron chi connectivity index (χ1n) is 8.69. The zero-order chi connectivity index (χ0) is 17.8. The van der Waals surface area contributed by atoms with Gasteiger partial charge in [-0.1, -0.05) is 18.2 Å². The average Bonchev–Trinajstić information content (AvgIpc) is 3.11. The number of aromatic nitrogens is 3. The molecule has 7 heteroatoms. The third kappa shape index (κ3) is 3.83. The molecule has 6 nitrogen and oxygen atoms in total. The van der Waals surface area contributed by atoms with Crippen molar-refractivity contribution in [3.63, 3.8) is 0 Å². The van der Waals surface area contributed by atoms with Gasteiger partial charge < -0.3 is 14.6 Å². The number of thioether (sulfide) groups is 1. The molecule has 0 spiro atoms. The van der Waals surface area contributed by atoms with Crippen molar-refractivity contribution >= 4 is 28.6 Å². The highest BCUT2D eigenvalue weighted by Crippen LogP contribution is 2.28. The number of aromatic amines is 1. The van der Waals surface area contributed by atoms with E-state index < -0.39 is 0 Å². The Morgan fingerprint density at radius 1 is 1.27 bits per heavy atom. The highest BCUT2D eigenvalue weighted by Gasteiger charge is 2.24. The number of benzene rings is 1. The van der Waals surface area contributed by atoms with Gasteiger partial charge in [0.05, 0.1) is 5.75 Å². The summed E-state index contributed by atoms with van der Waals surface area (Å²) in [5.74, 6) is 1.24. The highest BCUT2D eigenvalue weighted by atomic mass is 32.2. The molecule has 1 aliphatic heterocycles. The maximum atomic E-state index is 12.5. The van der Waals surface area contributed by atoms with Crippen LogP contribution in [0.25, 0.3) is 10.9 Å². The summed E-state index contributed by atoms with van der Waals surface area (Å²) in [6.45, 7) is 1.45. The first kappa shape index (κ1) is 16.9. The van der Waals surface area contributed by atoms with Crippen LogP contribution in [0.15, 0.2) is 53.9 Å². The zero-order valence-electron chi connectivity index (χ0n) is 14.3. The SMILES string of the molecule is O=C(CSc1c[nH]c2ccccc12)N1CCC(Oc2ccncn2)CC1. The lowest BCUT2D eigenvalue weighted by Gasteiger charge is -2.31. The molecular weight excluding hydrogens is 348 g/mol. The van der Waals surface area contributed by atoms with Crippen molar-refractivity contribution in [1.82, 2.24) is 19.9 Å². The van der Waals surface area contributed by atoms with Crippen LogP contribution in [0.4, 0.5) is 0 Å². The number of para-hydroxylation sites is 1. The molecule has 0 bridgehead atoms. The first-order chi connectivity index (χ1) is 12.8. The molecular formula is C19H20N4O2S. The van der Waals surface area contributed by atoms with E-state index in [-0.39, 0.29) is 12.0 Å². The summed E-state index contributed by atoms with van der Waals surface area (Å²) in [5, 5.41) is 1.17. The number of H-pyrrole nitrogens is 1. The Morgan fingerprint density at radius 3 is 2.92 bits per heavy atom. The van der Waals surface area contributed by atoms with Crippen LogP contribution in [0.1, 0.15) is 12.8 Å². The van der Waals surface area contributed by atoms with Crippen LogP contribution in [-0.2, 0) is 4.79 Å². The van der Waals surface area contributed by atoms with Gasteiger partial charge in [0.15, 0.2) is 0 Å². The van der Waals surface area contributed by atoms with Gasteiger partial charge in [0, 0.05) is 60.2 Å². The molecule has 0 aliphatic carbocycles. The fourth-order valence-electron chi connectivity index (χ4n) is 3.14. The third-order valence-corrected chi connectivity index (χ3v) is 5.58. The molecule has 1 amide bonds. The van der Waals surface area contributed by atoms with Gasteiger partial charge in [0.1, 0.15) is 12.4 Å². The minimum atomic E-state index is 0.107. The van der Waals surface area contributed by atoms with Crippen molar-refractivity contribution in [3.05, 3.63) is 49.1 Å². The molecule has 3 heterocycles. The van der Waals surface area contributed by atoms with E-state index in [9.17, 15) is 4.79 Å². The number of nitrogens with zero attached hydrogens (tertiary/aromatic N) is 3. The summed E-state index contributed by atoms with van der Waals surface area (Å²) in [4.78, 5) is 26.8. The lowest BCUT2D eigenvalue weighted by molar-refractivity contribution is -0.130. The molecule has 134 valence electrons. The molecule has 0 saturated carbocycles. The second-order valence-electron chi connectivity index (χ2n) is 6.23. The van der Waals surface area contributed by atoms with Crippen molar-refractivity contribution in [2.75, 3.05) is 18.8 Å². The maximum absolute atomic E-state index is 12.5. The van der Waals surface area contributed by atoms with E-state index in [1.807, 2.05) is 29.3 Å². The van der Waals surface area contributed by atoms with Gasteiger partial charge in [-0.15, -0.1) is 11.8 Å². The minimum Gasteiger partial charge on any atom is -0.474 e. The fourth-order valence-corrected chi connectivity index (χ4v) is 4.07. The Kier molecular flexibility index (Phi) is 5.06. The van der Waals surface area contributed by atoms with Gasteiger partial charge in [-0.2, -0.15) is 0 Å². The van der Waals surface area contributed by atoms with Crippen molar-refractivity contribution in [3.8, 4) is 5.88 Å². The number of nitrogens with one attached hydrogen (secondary N) is 1. The number of piperidine rings is 1. The Balaban J connectivity index is 1.27. The Hall–Kier alpha value is -2.54. The van der Waals surface area contributed by atoms with E-state index in [1.165, 1.54) is 11.7 Å². The predicted octanol–water partition coefficient (Wildman–Crippen LogP) is 3.12. The van der Waals surface area contributed by atoms with Crippen LogP contribution in [0.3, 0.4) is 0 Å². The number of hydrogen-bond donors (Lipinski definition) is 1. The van der Waals surface area contributed by atoms with E-state index in [0.717, 1.165) is 36.3 Å². The van der Waals surface area contributed by atoms with Crippen molar-refractivity contribution in [2.45, 2.75) is 23.8 Å². The zero-order valence-corrected chi connectivity index (χ0v) is 15.1. The molecule has 4 rings (SSSR count). The molecule has 0 unspecified atom stereocenters. The Morgan fingerprint density at radius 2 is 2.12 bits per heavy atom. The topological polar surface area (TPSA) is 71.1 Å². The van der Waals surface area contributed by atoms with Gasteiger partial charge in [-0.25, -0.2) is 9.97 Å². The molecule has 1 saturated heterocycles. The standard InChI is InChI=1S/C19H20N4O2S/c24-19(12-26-17-11-21-16-4-2-1-3-15(16)17)23-9-6-14(7-10-23)25-18-5-8-20-13-22-18/h1-5,8,11,13-14,21H,6-7,9-10,12H2. The lowest BCUT2D eigenvalue weighted by Crippen LogP contribution is -2.42. The molecule has 0 atom stereocenters. The summed E-state index contributed by atoms with van der Waals surface area (Å²) >= 11 is 1.59. The lowest BCUT2D eigenvalue weighted by atomic mass is 10.1. The van der Waals surface area contributed by atoms with Crippen LogP contribution in [0.5, 0.6) is 5.88 Å². The number of likely N-dealkylation sites (tertiary alicyclic amines) is 1.